The van der Waals surface area contributed by atoms with Gasteiger partial charge in [-0.05, 0) is 18.2 Å². The van der Waals surface area contributed by atoms with Gasteiger partial charge in [-0.25, -0.2) is 13.4 Å². The van der Waals surface area contributed by atoms with Crippen LogP contribution in [0.5, 0.6) is 0 Å². The highest BCUT2D eigenvalue weighted by Crippen LogP contribution is 2.24. The van der Waals surface area contributed by atoms with Gasteiger partial charge in [0.05, 0.1) is 22.2 Å². The molecule has 0 atom stereocenters. The van der Waals surface area contributed by atoms with Gasteiger partial charge in [0.25, 0.3) is 0 Å². The van der Waals surface area contributed by atoms with Gasteiger partial charge in [-0.15, -0.1) is 0 Å². The average molecular weight is 315 g/mol. The summed E-state index contributed by atoms with van der Waals surface area (Å²) in [5, 5.41) is 0.219. The zero-order valence-corrected chi connectivity index (χ0v) is 12.7. The van der Waals surface area contributed by atoms with Crippen molar-refractivity contribution in [2.24, 2.45) is 7.05 Å². The highest BCUT2D eigenvalue weighted by atomic mass is 35.5. The maximum atomic E-state index is 12.4. The van der Waals surface area contributed by atoms with Crippen LogP contribution >= 0.6 is 11.6 Å². The van der Waals surface area contributed by atoms with Crippen LogP contribution in [0.2, 0.25) is 5.02 Å². The lowest BCUT2D eigenvalue weighted by molar-refractivity contribution is 0.451. The first-order valence-corrected chi connectivity index (χ1v) is 7.61. The van der Waals surface area contributed by atoms with Gasteiger partial charge in [0.1, 0.15) is 5.82 Å². The van der Waals surface area contributed by atoms with Crippen LogP contribution in [0.3, 0.4) is 0 Å². The Morgan fingerprint density at radius 2 is 2.15 bits per heavy atom. The van der Waals surface area contributed by atoms with Crippen LogP contribution in [-0.4, -0.2) is 29.3 Å². The first kappa shape index (κ1) is 14.8. The number of anilines is 1. The molecule has 0 aliphatic carbocycles. The van der Waals surface area contributed by atoms with Crippen LogP contribution in [0.1, 0.15) is 5.82 Å². The summed E-state index contributed by atoms with van der Waals surface area (Å²) in [5.41, 5.74) is 5.93. The van der Waals surface area contributed by atoms with E-state index in [0.29, 0.717) is 11.5 Å². The maximum Gasteiger partial charge on any atom is 0.243 e. The number of nitrogens with two attached hydrogens (primary N) is 1. The van der Waals surface area contributed by atoms with E-state index < -0.39 is 10.0 Å². The molecule has 20 heavy (non-hydrogen) atoms. The summed E-state index contributed by atoms with van der Waals surface area (Å²) in [6.45, 7) is 0.174. The summed E-state index contributed by atoms with van der Waals surface area (Å²) < 4.78 is 27.8. The molecule has 1 aromatic heterocycles. The van der Waals surface area contributed by atoms with E-state index in [1.54, 1.807) is 17.0 Å². The molecule has 6 nitrogen and oxygen atoms in total. The number of imidazole rings is 1. The summed E-state index contributed by atoms with van der Waals surface area (Å²) in [4.78, 5) is 4.21. The molecule has 0 unspecified atom stereocenters. The molecule has 2 N–H and O–H groups in total. The summed E-state index contributed by atoms with van der Waals surface area (Å²) >= 11 is 5.87. The van der Waals surface area contributed by atoms with Crippen molar-refractivity contribution in [2.75, 3.05) is 12.8 Å². The summed E-state index contributed by atoms with van der Waals surface area (Å²) in [5.74, 6) is 0.651. The molecule has 0 amide bonds. The van der Waals surface area contributed by atoms with Gasteiger partial charge in [0, 0.05) is 26.5 Å². The molecule has 1 heterocycles. The van der Waals surface area contributed by atoms with E-state index in [2.05, 4.69) is 4.98 Å². The Balaban J connectivity index is 2.29. The van der Waals surface area contributed by atoms with Gasteiger partial charge in [-0.1, -0.05) is 11.6 Å². The number of halogens is 1. The van der Waals surface area contributed by atoms with Gasteiger partial charge >= 0.3 is 0 Å². The number of aromatic nitrogens is 2. The Labute approximate surface area is 122 Å². The topological polar surface area (TPSA) is 81.2 Å². The first-order chi connectivity index (χ1) is 9.32. The van der Waals surface area contributed by atoms with Crippen molar-refractivity contribution in [2.45, 2.75) is 11.4 Å². The van der Waals surface area contributed by atoms with E-state index in [1.807, 2.05) is 7.05 Å². The van der Waals surface area contributed by atoms with Crippen LogP contribution in [0.15, 0.2) is 35.5 Å². The molecule has 0 fully saturated rings. The molecule has 2 rings (SSSR count). The molecular formula is C12H15ClN4O2S. The molecule has 0 spiro atoms. The number of hydrogen-bond acceptors (Lipinski definition) is 4. The predicted molar refractivity (Wildman–Crippen MR) is 77.7 cm³/mol. The van der Waals surface area contributed by atoms with Crippen molar-refractivity contribution in [3.05, 3.63) is 41.4 Å². The SMILES string of the molecule is CN(Cc1nccn1C)S(=O)(=O)c1ccc(N)c(Cl)c1. The van der Waals surface area contributed by atoms with Crippen molar-refractivity contribution in [1.29, 1.82) is 0 Å². The smallest absolute Gasteiger partial charge is 0.243 e. The minimum Gasteiger partial charge on any atom is -0.398 e. The fourth-order valence-corrected chi connectivity index (χ4v) is 3.08. The van der Waals surface area contributed by atoms with E-state index in [0.717, 1.165) is 0 Å². The van der Waals surface area contributed by atoms with Crippen LogP contribution in [0, 0.1) is 0 Å². The Hall–Kier alpha value is -1.57. The maximum absolute atomic E-state index is 12.4. The predicted octanol–water partition coefficient (Wildman–Crippen LogP) is 1.48. The summed E-state index contributed by atoms with van der Waals surface area (Å²) in [7, 11) is -0.328. The second kappa shape index (κ2) is 5.43. The molecule has 0 aliphatic rings. The third-order valence-corrected chi connectivity index (χ3v) is 5.09. The molecule has 0 bridgehead atoms. The molecule has 2 aromatic rings. The van der Waals surface area contributed by atoms with Crippen molar-refractivity contribution < 1.29 is 8.42 Å². The number of aryl methyl sites for hydroxylation is 1. The zero-order chi connectivity index (χ0) is 14.9. The lowest BCUT2D eigenvalue weighted by Crippen LogP contribution is -2.27. The van der Waals surface area contributed by atoms with Gasteiger partial charge < -0.3 is 10.3 Å². The molecule has 8 heteroatoms. The van der Waals surface area contributed by atoms with Crippen LogP contribution in [-0.2, 0) is 23.6 Å². The number of hydrogen-bond donors (Lipinski definition) is 1. The quantitative estimate of drug-likeness (QED) is 0.867. The minimum absolute atomic E-state index is 0.105. The average Bonchev–Trinajstić information content (AvgIpc) is 2.78. The monoisotopic (exact) mass is 314 g/mol. The second-order valence-electron chi connectivity index (χ2n) is 4.40. The fourth-order valence-electron chi connectivity index (χ4n) is 1.68. The molecule has 108 valence electrons. The zero-order valence-electron chi connectivity index (χ0n) is 11.1. The Kier molecular flexibility index (Phi) is 4.03. The Bertz CT molecular complexity index is 727. The molecule has 0 saturated carbocycles. The van der Waals surface area contributed by atoms with Crippen molar-refractivity contribution in [3.63, 3.8) is 0 Å². The molecule has 1 aromatic carbocycles. The Morgan fingerprint density at radius 1 is 1.45 bits per heavy atom. The third kappa shape index (κ3) is 2.79. The van der Waals surface area contributed by atoms with Crippen molar-refractivity contribution in [1.82, 2.24) is 13.9 Å². The van der Waals surface area contributed by atoms with Gasteiger partial charge in [0.2, 0.25) is 10.0 Å². The number of nitrogen functional groups attached to an aromatic ring is 1. The van der Waals surface area contributed by atoms with Crippen LogP contribution in [0.4, 0.5) is 5.69 Å². The van der Waals surface area contributed by atoms with Crippen LogP contribution in [0.25, 0.3) is 0 Å². The highest BCUT2D eigenvalue weighted by Gasteiger charge is 2.22. The van der Waals surface area contributed by atoms with E-state index in [4.69, 9.17) is 17.3 Å². The number of nitrogens with zero attached hydrogens (tertiary/aromatic N) is 3. The minimum atomic E-state index is -3.63. The van der Waals surface area contributed by atoms with Gasteiger partial charge in [-0.3, -0.25) is 0 Å². The Morgan fingerprint density at radius 3 is 2.70 bits per heavy atom. The molecule has 0 aliphatic heterocycles. The second-order valence-corrected chi connectivity index (χ2v) is 6.85. The van der Waals surface area contributed by atoms with E-state index >= 15 is 0 Å². The van der Waals surface area contributed by atoms with Gasteiger partial charge in [0.15, 0.2) is 0 Å². The van der Waals surface area contributed by atoms with Crippen molar-refractivity contribution >= 4 is 27.3 Å². The number of benzene rings is 1. The molecule has 0 saturated heterocycles. The third-order valence-electron chi connectivity index (χ3n) is 2.97. The standard InChI is InChI=1S/C12H15ClN4O2S/c1-16-6-5-15-12(16)8-17(2)20(18,19)9-3-4-11(14)10(13)7-9/h3-7H,8,14H2,1-2H3. The van der Waals surface area contributed by atoms with Gasteiger partial charge in [-0.2, -0.15) is 4.31 Å². The largest absolute Gasteiger partial charge is 0.398 e. The van der Waals surface area contributed by atoms with E-state index in [1.165, 1.54) is 29.6 Å². The first-order valence-electron chi connectivity index (χ1n) is 5.80. The normalized spacial score (nSPS) is 12.0. The lowest BCUT2D eigenvalue weighted by Gasteiger charge is -2.17. The number of rotatable bonds is 4. The number of sulfonamides is 1. The fraction of sp³-hybridized carbons (Fsp3) is 0.250. The summed E-state index contributed by atoms with van der Waals surface area (Å²) in [6, 6.07) is 4.26. The highest BCUT2D eigenvalue weighted by molar-refractivity contribution is 7.89. The molecule has 0 radical (unpaired) electrons. The van der Waals surface area contributed by atoms with E-state index in [-0.39, 0.29) is 16.5 Å². The molecular weight excluding hydrogens is 300 g/mol. The summed E-state index contributed by atoms with van der Waals surface area (Å²) in [6.07, 6.45) is 3.38. The van der Waals surface area contributed by atoms with E-state index in [9.17, 15) is 8.42 Å². The van der Waals surface area contributed by atoms with Crippen molar-refractivity contribution in [3.8, 4) is 0 Å². The lowest BCUT2D eigenvalue weighted by atomic mass is 10.3. The van der Waals surface area contributed by atoms with Crippen LogP contribution < -0.4 is 5.73 Å².